The average Bonchev–Trinajstić information content (AvgIpc) is 2.75. The van der Waals surface area contributed by atoms with Gasteiger partial charge in [0.15, 0.2) is 0 Å². The molecule has 0 fully saturated rings. The summed E-state index contributed by atoms with van der Waals surface area (Å²) in [7, 11) is 0. The number of hydrogen-bond donors (Lipinski definition) is 2. The van der Waals surface area contributed by atoms with Crippen LogP contribution in [0.1, 0.15) is 21.2 Å². The fourth-order valence-electron chi connectivity index (χ4n) is 1.41. The van der Waals surface area contributed by atoms with E-state index in [4.69, 9.17) is 5.73 Å². The normalized spacial score (nSPS) is 10.3. The highest BCUT2D eigenvalue weighted by Gasteiger charge is 2.07. The predicted octanol–water partition coefficient (Wildman–Crippen LogP) is 0.796. The van der Waals surface area contributed by atoms with Crippen molar-refractivity contribution in [3.63, 3.8) is 0 Å². The Hall–Kier alpha value is -2.02. The lowest BCUT2D eigenvalue weighted by atomic mass is 10.3. The second-order valence-electron chi connectivity index (χ2n) is 3.69. The molecule has 2 heterocycles. The predicted molar refractivity (Wildman–Crippen MR) is 69.3 cm³/mol. The van der Waals surface area contributed by atoms with Crippen LogP contribution in [0.5, 0.6) is 0 Å². The van der Waals surface area contributed by atoms with Crippen molar-refractivity contribution >= 4 is 23.1 Å². The van der Waals surface area contributed by atoms with Gasteiger partial charge in [-0.1, -0.05) is 0 Å². The molecule has 3 N–H and O–H groups in total. The van der Waals surface area contributed by atoms with Crippen molar-refractivity contribution in [2.45, 2.75) is 13.3 Å². The van der Waals surface area contributed by atoms with Crippen LogP contribution in [0, 0.1) is 6.92 Å². The number of rotatable bonds is 4. The highest BCUT2D eigenvalue weighted by molar-refractivity contribution is 7.09. The molecule has 0 bridgehead atoms. The van der Waals surface area contributed by atoms with E-state index in [-0.39, 0.29) is 17.4 Å². The fraction of sp³-hybridized carbons (Fsp3) is 0.273. The van der Waals surface area contributed by atoms with Crippen LogP contribution in [-0.2, 0) is 6.42 Å². The first-order chi connectivity index (χ1) is 8.65. The molecule has 0 saturated heterocycles. The number of aromatic nitrogens is 3. The Labute approximate surface area is 108 Å². The molecule has 1 amide bonds. The number of aryl methyl sites for hydroxylation is 1. The molecule has 0 aliphatic carbocycles. The monoisotopic (exact) mass is 263 g/mol. The van der Waals surface area contributed by atoms with E-state index in [1.807, 2.05) is 12.3 Å². The fourth-order valence-corrected chi connectivity index (χ4v) is 2.06. The summed E-state index contributed by atoms with van der Waals surface area (Å²) in [6, 6.07) is 0. The summed E-state index contributed by atoms with van der Waals surface area (Å²) in [5.41, 5.74) is 6.67. The van der Waals surface area contributed by atoms with Gasteiger partial charge < -0.3 is 11.1 Å². The number of hydrogen-bond acceptors (Lipinski definition) is 6. The molecule has 7 heteroatoms. The highest BCUT2D eigenvalue weighted by Crippen LogP contribution is 2.07. The Balaban J connectivity index is 1.85. The Morgan fingerprint density at radius 2 is 2.28 bits per heavy atom. The maximum atomic E-state index is 11.7. The van der Waals surface area contributed by atoms with E-state index >= 15 is 0 Å². The van der Waals surface area contributed by atoms with Crippen molar-refractivity contribution in [1.82, 2.24) is 20.3 Å². The summed E-state index contributed by atoms with van der Waals surface area (Å²) in [4.78, 5) is 23.7. The molecule has 18 heavy (non-hydrogen) atoms. The van der Waals surface area contributed by atoms with Gasteiger partial charge >= 0.3 is 0 Å². The third kappa shape index (κ3) is 3.24. The Morgan fingerprint density at radius 1 is 1.44 bits per heavy atom. The third-order valence-electron chi connectivity index (χ3n) is 2.22. The van der Waals surface area contributed by atoms with E-state index in [0.29, 0.717) is 13.0 Å². The van der Waals surface area contributed by atoms with Gasteiger partial charge in [0.2, 0.25) is 0 Å². The number of nitrogens with two attached hydrogens (primary N) is 1. The summed E-state index contributed by atoms with van der Waals surface area (Å²) in [5, 5.41) is 5.77. The topological polar surface area (TPSA) is 93.8 Å². The molecule has 2 aromatic rings. The highest BCUT2D eigenvalue weighted by atomic mass is 32.1. The minimum Gasteiger partial charge on any atom is -0.382 e. The third-order valence-corrected chi connectivity index (χ3v) is 3.04. The zero-order valence-corrected chi connectivity index (χ0v) is 10.7. The number of carbonyl (C=O) groups is 1. The first-order valence-electron chi connectivity index (χ1n) is 5.42. The van der Waals surface area contributed by atoms with Gasteiger partial charge in [-0.3, -0.25) is 9.78 Å². The lowest BCUT2D eigenvalue weighted by Gasteiger charge is -2.03. The average molecular weight is 263 g/mol. The van der Waals surface area contributed by atoms with Crippen LogP contribution in [0.15, 0.2) is 17.8 Å². The maximum absolute atomic E-state index is 11.7. The lowest BCUT2D eigenvalue weighted by molar-refractivity contribution is 0.0949. The Bertz CT molecular complexity index is 554. The van der Waals surface area contributed by atoms with Gasteiger partial charge in [-0.05, 0) is 6.92 Å². The zero-order valence-electron chi connectivity index (χ0n) is 9.88. The van der Waals surface area contributed by atoms with Crippen LogP contribution in [0.2, 0.25) is 0 Å². The molecule has 2 rings (SSSR count). The Kier molecular flexibility index (Phi) is 3.83. The van der Waals surface area contributed by atoms with Crippen molar-refractivity contribution in [1.29, 1.82) is 0 Å². The van der Waals surface area contributed by atoms with Crippen molar-refractivity contribution in [2.75, 3.05) is 12.3 Å². The van der Waals surface area contributed by atoms with Gasteiger partial charge in [0.1, 0.15) is 11.5 Å². The van der Waals surface area contributed by atoms with Crippen molar-refractivity contribution in [3.05, 3.63) is 34.2 Å². The molecular weight excluding hydrogens is 250 g/mol. The quantitative estimate of drug-likeness (QED) is 0.850. The first-order valence-corrected chi connectivity index (χ1v) is 6.30. The molecule has 0 atom stereocenters. The molecule has 0 aliphatic rings. The standard InChI is InChI=1S/C11H13N5OS/c1-7-15-8(6-18-7)2-3-14-11(17)9-4-13-5-10(12)16-9/h4-6H,2-3H2,1H3,(H2,12,16)(H,14,17). The molecule has 6 nitrogen and oxygen atoms in total. The first kappa shape index (κ1) is 12.4. The summed E-state index contributed by atoms with van der Waals surface area (Å²) in [5.74, 6) is -0.0421. The smallest absolute Gasteiger partial charge is 0.271 e. The Morgan fingerprint density at radius 3 is 2.94 bits per heavy atom. The van der Waals surface area contributed by atoms with Crippen LogP contribution >= 0.6 is 11.3 Å². The van der Waals surface area contributed by atoms with E-state index in [9.17, 15) is 4.79 Å². The van der Waals surface area contributed by atoms with E-state index < -0.39 is 0 Å². The van der Waals surface area contributed by atoms with Crippen molar-refractivity contribution in [3.8, 4) is 0 Å². The summed E-state index contributed by atoms with van der Waals surface area (Å²) in [6.07, 6.45) is 3.49. The maximum Gasteiger partial charge on any atom is 0.271 e. The number of nitrogen functional groups attached to an aromatic ring is 1. The van der Waals surface area contributed by atoms with Crippen LogP contribution in [0.3, 0.4) is 0 Å². The van der Waals surface area contributed by atoms with Crippen LogP contribution in [0.4, 0.5) is 5.82 Å². The SMILES string of the molecule is Cc1nc(CCNC(=O)c2cncc(N)n2)cs1. The van der Waals surface area contributed by atoms with E-state index in [1.54, 1.807) is 11.3 Å². The van der Waals surface area contributed by atoms with Gasteiger partial charge in [-0.2, -0.15) is 0 Å². The number of carbonyl (C=O) groups excluding carboxylic acids is 1. The van der Waals surface area contributed by atoms with Gasteiger partial charge in [-0.15, -0.1) is 11.3 Å². The number of nitrogens with one attached hydrogen (secondary N) is 1. The molecular formula is C11H13N5OS. The van der Waals surface area contributed by atoms with Crippen molar-refractivity contribution < 1.29 is 4.79 Å². The number of nitrogens with zero attached hydrogens (tertiary/aromatic N) is 3. The van der Waals surface area contributed by atoms with Crippen LogP contribution in [0.25, 0.3) is 0 Å². The summed E-state index contributed by atoms with van der Waals surface area (Å²) < 4.78 is 0. The second kappa shape index (κ2) is 5.54. The van der Waals surface area contributed by atoms with Crippen LogP contribution < -0.4 is 11.1 Å². The number of anilines is 1. The van der Waals surface area contributed by atoms with Gasteiger partial charge in [-0.25, -0.2) is 9.97 Å². The molecule has 0 saturated carbocycles. The van der Waals surface area contributed by atoms with Gasteiger partial charge in [0.05, 0.1) is 23.1 Å². The van der Waals surface area contributed by atoms with E-state index in [1.165, 1.54) is 12.4 Å². The van der Waals surface area contributed by atoms with Crippen LogP contribution in [-0.4, -0.2) is 27.4 Å². The largest absolute Gasteiger partial charge is 0.382 e. The van der Waals surface area contributed by atoms with E-state index in [0.717, 1.165) is 10.7 Å². The molecule has 0 aromatic carbocycles. The minimum absolute atomic E-state index is 0.226. The van der Waals surface area contributed by atoms with Crippen molar-refractivity contribution in [2.24, 2.45) is 0 Å². The summed E-state index contributed by atoms with van der Waals surface area (Å²) >= 11 is 1.60. The lowest BCUT2D eigenvalue weighted by Crippen LogP contribution is -2.27. The van der Waals surface area contributed by atoms with Gasteiger partial charge in [0.25, 0.3) is 5.91 Å². The number of amides is 1. The van der Waals surface area contributed by atoms with Gasteiger partial charge in [0, 0.05) is 18.3 Å². The van der Waals surface area contributed by atoms with E-state index in [2.05, 4.69) is 20.3 Å². The molecule has 0 unspecified atom stereocenters. The molecule has 0 spiro atoms. The second-order valence-corrected chi connectivity index (χ2v) is 4.76. The molecule has 2 aromatic heterocycles. The number of thiazole rings is 1. The molecule has 0 radical (unpaired) electrons. The summed E-state index contributed by atoms with van der Waals surface area (Å²) in [6.45, 7) is 2.47. The minimum atomic E-state index is -0.276. The molecule has 94 valence electrons. The zero-order chi connectivity index (χ0) is 13.0. The molecule has 0 aliphatic heterocycles.